The van der Waals surface area contributed by atoms with Crippen LogP contribution in [-0.2, 0) is 9.47 Å². The Bertz CT molecular complexity index is 614. The molecule has 0 radical (unpaired) electrons. The number of nitrogens with zero attached hydrogens (tertiary/aromatic N) is 1. The molecule has 22 heavy (non-hydrogen) atoms. The van der Waals surface area contributed by atoms with Crippen molar-refractivity contribution in [3.8, 4) is 0 Å². The predicted molar refractivity (Wildman–Crippen MR) is 71.1 cm³/mol. The summed E-state index contributed by atoms with van der Waals surface area (Å²) in [4.78, 5) is 25.0. The third-order valence-electron chi connectivity index (χ3n) is 3.59. The second-order valence-corrected chi connectivity index (χ2v) is 4.94. The minimum atomic E-state index is -1.65. The topological polar surface area (TPSA) is 154 Å². The molecule has 6 atom stereocenters. The Balaban J connectivity index is 2.49. The van der Waals surface area contributed by atoms with Gasteiger partial charge in [-0.3, -0.25) is 14.3 Å². The van der Waals surface area contributed by atoms with Crippen LogP contribution in [0.5, 0.6) is 0 Å². The molecule has 1 aromatic heterocycles. The molecule has 0 amide bonds. The Kier molecular flexibility index (Phi) is 5.11. The molecule has 5 N–H and O–H groups in total. The number of methoxy groups -OCH3 is 1. The Morgan fingerprint density at radius 2 is 1.95 bits per heavy atom. The lowest BCUT2D eigenvalue weighted by Gasteiger charge is -2.29. The summed E-state index contributed by atoms with van der Waals surface area (Å²) >= 11 is 0. The van der Waals surface area contributed by atoms with E-state index in [4.69, 9.17) is 9.47 Å². The molecule has 2 heterocycles. The average Bonchev–Trinajstić information content (AvgIpc) is 2.57. The second-order valence-electron chi connectivity index (χ2n) is 4.94. The van der Waals surface area contributed by atoms with Gasteiger partial charge >= 0.3 is 5.69 Å². The van der Waals surface area contributed by atoms with Crippen LogP contribution in [-0.4, -0.2) is 74.2 Å². The van der Waals surface area contributed by atoms with Gasteiger partial charge in [0.2, 0.25) is 0 Å². The second kappa shape index (κ2) is 6.69. The van der Waals surface area contributed by atoms with E-state index in [1.165, 1.54) is 7.11 Å². The molecule has 0 unspecified atom stereocenters. The van der Waals surface area contributed by atoms with Gasteiger partial charge in [-0.1, -0.05) is 0 Å². The molecular weight excluding hydrogens is 300 g/mol. The smallest absolute Gasteiger partial charge is 0.330 e. The van der Waals surface area contributed by atoms with Crippen LogP contribution in [0.2, 0.25) is 0 Å². The number of hydrogen-bond acceptors (Lipinski definition) is 8. The van der Waals surface area contributed by atoms with E-state index in [0.29, 0.717) is 0 Å². The van der Waals surface area contributed by atoms with Crippen LogP contribution in [0.25, 0.3) is 0 Å². The molecule has 0 aromatic carbocycles. The molecule has 0 bridgehead atoms. The summed E-state index contributed by atoms with van der Waals surface area (Å²) in [6, 6.07) is 1.07. The molecule has 1 saturated heterocycles. The van der Waals surface area contributed by atoms with E-state index in [1.807, 2.05) is 4.98 Å². The number of aromatic amines is 1. The molecule has 1 aliphatic heterocycles. The highest BCUT2D eigenvalue weighted by molar-refractivity contribution is 4.95. The van der Waals surface area contributed by atoms with Crippen molar-refractivity contribution in [1.82, 2.24) is 9.55 Å². The molecule has 10 heteroatoms. The van der Waals surface area contributed by atoms with Gasteiger partial charge in [-0.05, 0) is 0 Å². The van der Waals surface area contributed by atoms with Crippen molar-refractivity contribution in [2.24, 2.45) is 0 Å². The summed E-state index contributed by atoms with van der Waals surface area (Å²) in [5, 5.41) is 39.1. The zero-order chi connectivity index (χ0) is 16.4. The van der Waals surface area contributed by atoms with Crippen LogP contribution >= 0.6 is 0 Å². The van der Waals surface area contributed by atoms with Crippen LogP contribution in [0.15, 0.2) is 21.9 Å². The summed E-state index contributed by atoms with van der Waals surface area (Å²) in [5.41, 5.74) is -1.45. The first kappa shape index (κ1) is 16.8. The first-order chi connectivity index (χ1) is 10.4. The molecule has 10 nitrogen and oxygen atoms in total. The maximum absolute atomic E-state index is 11.9. The fourth-order valence-corrected chi connectivity index (χ4v) is 2.38. The maximum Gasteiger partial charge on any atom is 0.330 e. The molecule has 0 spiro atoms. The third kappa shape index (κ3) is 2.97. The predicted octanol–water partition coefficient (Wildman–Crippen LogP) is -3.48. The first-order valence-electron chi connectivity index (χ1n) is 6.55. The number of hydrogen-bond donors (Lipinski definition) is 5. The number of nitrogens with one attached hydrogen (secondary N) is 1. The van der Waals surface area contributed by atoms with Crippen molar-refractivity contribution in [3.63, 3.8) is 0 Å². The van der Waals surface area contributed by atoms with Gasteiger partial charge in [0.25, 0.3) is 5.56 Å². The summed E-state index contributed by atoms with van der Waals surface area (Å²) < 4.78 is 11.4. The van der Waals surface area contributed by atoms with Crippen molar-refractivity contribution >= 4 is 0 Å². The zero-order valence-corrected chi connectivity index (χ0v) is 11.7. The Labute approximate surface area is 124 Å². The summed E-state index contributed by atoms with van der Waals surface area (Å²) in [5.74, 6) is 0. The fourth-order valence-electron chi connectivity index (χ4n) is 2.38. The first-order valence-corrected chi connectivity index (χ1v) is 6.55. The zero-order valence-electron chi connectivity index (χ0n) is 11.7. The van der Waals surface area contributed by atoms with Crippen LogP contribution in [0.3, 0.4) is 0 Å². The summed E-state index contributed by atoms with van der Waals surface area (Å²) in [6.07, 6.45) is -7.43. The largest absolute Gasteiger partial charge is 0.394 e. The number of rotatable bonds is 3. The van der Waals surface area contributed by atoms with E-state index < -0.39 is 54.6 Å². The van der Waals surface area contributed by atoms with Gasteiger partial charge in [-0.15, -0.1) is 0 Å². The number of aliphatic hydroxyl groups is 4. The highest BCUT2D eigenvalue weighted by Crippen LogP contribution is 2.28. The van der Waals surface area contributed by atoms with E-state index in [9.17, 15) is 30.0 Å². The van der Waals surface area contributed by atoms with E-state index in [-0.39, 0.29) is 0 Å². The van der Waals surface area contributed by atoms with Gasteiger partial charge in [-0.25, -0.2) is 4.79 Å². The van der Waals surface area contributed by atoms with Crippen molar-refractivity contribution in [2.45, 2.75) is 36.7 Å². The lowest BCUT2D eigenvalue weighted by Crippen LogP contribution is -2.48. The van der Waals surface area contributed by atoms with Gasteiger partial charge in [-0.2, -0.15) is 0 Å². The van der Waals surface area contributed by atoms with Gasteiger partial charge in [0.15, 0.2) is 6.23 Å². The van der Waals surface area contributed by atoms with E-state index in [2.05, 4.69) is 0 Å². The monoisotopic (exact) mass is 318 g/mol. The van der Waals surface area contributed by atoms with Crippen LogP contribution in [0.4, 0.5) is 0 Å². The van der Waals surface area contributed by atoms with E-state index in [0.717, 1.165) is 16.8 Å². The number of aromatic nitrogens is 2. The van der Waals surface area contributed by atoms with Crippen molar-refractivity contribution in [2.75, 3.05) is 13.7 Å². The summed E-state index contributed by atoms with van der Waals surface area (Å²) in [6.45, 7) is -0.657. The quantitative estimate of drug-likeness (QED) is 0.385. The fraction of sp³-hybridized carbons (Fsp3) is 0.667. The molecular formula is C12H18N2O8. The molecule has 2 rings (SSSR count). The van der Waals surface area contributed by atoms with Gasteiger partial charge in [0.05, 0.1) is 6.61 Å². The molecule has 1 aliphatic rings. The SMILES string of the molecule is CO[C@@H]1[C@H](O)[C@H](O)[C@H](O)[C@@H](CO)O[C@H]1n1ccc(=O)[nH]c1=O. The van der Waals surface area contributed by atoms with Crippen LogP contribution < -0.4 is 11.2 Å². The van der Waals surface area contributed by atoms with Gasteiger partial charge < -0.3 is 29.9 Å². The number of ether oxygens (including phenoxy) is 2. The van der Waals surface area contributed by atoms with Crippen LogP contribution in [0, 0.1) is 0 Å². The summed E-state index contributed by atoms with van der Waals surface area (Å²) in [7, 11) is 1.22. The number of aliphatic hydroxyl groups excluding tert-OH is 4. The Morgan fingerprint density at radius 3 is 2.50 bits per heavy atom. The van der Waals surface area contributed by atoms with E-state index >= 15 is 0 Å². The lowest BCUT2D eigenvalue weighted by molar-refractivity contribution is -0.161. The van der Waals surface area contributed by atoms with Gasteiger partial charge in [0.1, 0.15) is 30.5 Å². The highest BCUT2D eigenvalue weighted by Gasteiger charge is 2.46. The molecule has 124 valence electrons. The molecule has 0 aliphatic carbocycles. The van der Waals surface area contributed by atoms with Crippen molar-refractivity contribution in [1.29, 1.82) is 0 Å². The Morgan fingerprint density at radius 1 is 1.27 bits per heavy atom. The van der Waals surface area contributed by atoms with Crippen LogP contribution in [0.1, 0.15) is 6.23 Å². The highest BCUT2D eigenvalue weighted by atomic mass is 16.6. The van der Waals surface area contributed by atoms with Crippen molar-refractivity contribution in [3.05, 3.63) is 33.1 Å². The van der Waals surface area contributed by atoms with Gasteiger partial charge in [0, 0.05) is 19.4 Å². The molecule has 1 fully saturated rings. The Hall–Kier alpha value is -1.56. The average molecular weight is 318 g/mol. The van der Waals surface area contributed by atoms with Crippen molar-refractivity contribution < 1.29 is 29.9 Å². The standard InChI is InChI=1S/C12H18N2O8/c1-21-10-9(19)8(18)7(17)5(4-15)22-11(10)14-3-2-6(16)13-12(14)20/h2-3,5,7-11,15,17-19H,4H2,1H3,(H,13,16,20)/t5-,7-,8-,9-,10-,11-/m1/s1. The molecule has 1 aromatic rings. The van der Waals surface area contributed by atoms with E-state index in [1.54, 1.807) is 0 Å². The third-order valence-corrected chi connectivity index (χ3v) is 3.59. The minimum absolute atomic E-state index is 0.622. The normalized spacial score (nSPS) is 36.0. The number of H-pyrrole nitrogens is 1. The maximum atomic E-state index is 11.9. The minimum Gasteiger partial charge on any atom is -0.394 e. The molecule has 0 saturated carbocycles. The lowest BCUT2D eigenvalue weighted by atomic mass is 10.0.